The summed E-state index contributed by atoms with van der Waals surface area (Å²) in [5.74, 6) is -0.418. The highest BCUT2D eigenvalue weighted by molar-refractivity contribution is 7.50. The Kier molecular flexibility index (Phi) is 13.9. The van der Waals surface area contributed by atoms with E-state index in [9.17, 15) is 23.8 Å². The average molecular weight is 542 g/mol. The molecule has 10 nitrogen and oxygen atoms in total. The summed E-state index contributed by atoms with van der Waals surface area (Å²) in [6.45, 7) is 11.1. The van der Waals surface area contributed by atoms with Gasteiger partial charge in [0, 0.05) is 30.6 Å². The molecule has 0 radical (unpaired) electrons. The average Bonchev–Trinajstić information content (AvgIpc) is 2.78. The van der Waals surface area contributed by atoms with E-state index < -0.39 is 31.1 Å². The predicted octanol–water partition coefficient (Wildman–Crippen LogP) is 3.97. The fourth-order valence-corrected chi connectivity index (χ4v) is 4.31. The van der Waals surface area contributed by atoms with E-state index in [4.69, 9.17) is 14.0 Å². The van der Waals surface area contributed by atoms with Crippen LogP contribution in [0.2, 0.25) is 0 Å². The highest BCUT2D eigenvalue weighted by atomic mass is 31.2. The lowest BCUT2D eigenvalue weighted by Gasteiger charge is -2.29. The van der Waals surface area contributed by atoms with Crippen LogP contribution < -0.4 is 20.3 Å². The normalized spacial score (nSPS) is 13.8. The van der Waals surface area contributed by atoms with Crippen molar-refractivity contribution in [1.82, 2.24) is 10.6 Å². The highest BCUT2D eigenvalue weighted by Gasteiger charge is 2.30. The van der Waals surface area contributed by atoms with Crippen LogP contribution in [0.3, 0.4) is 0 Å². The number of aryl methyl sites for hydroxylation is 1. The standard InChI is InChI=1S/C26H43N2O8P/c1-7-16-34-25(31)28-20(3)24(30)36-21-14-12-13-19(2)23(21)26(4,5)18-22(29)27-15-10-8-9-11-17-35-37(6,32)33/h12-14,20H,7-11,15-18H2,1-6H3,(H,27,29)(H,28,31)(H,32,33)/p-1. The molecule has 0 fully saturated rings. The van der Waals surface area contributed by atoms with Crippen LogP contribution in [-0.4, -0.2) is 50.4 Å². The molecule has 0 aliphatic carbocycles. The molecule has 0 heterocycles. The van der Waals surface area contributed by atoms with E-state index in [2.05, 4.69) is 10.6 Å². The third kappa shape index (κ3) is 13.1. The zero-order chi connectivity index (χ0) is 28.1. The SMILES string of the molecule is CCCOC(=O)NC(C)C(=O)Oc1cccc(C)c1C(C)(C)CC(=O)NCCCCCCOP(C)(=O)[O-]. The van der Waals surface area contributed by atoms with Crippen LogP contribution in [-0.2, 0) is 28.8 Å². The van der Waals surface area contributed by atoms with Crippen LogP contribution >= 0.6 is 7.60 Å². The summed E-state index contributed by atoms with van der Waals surface area (Å²) >= 11 is 0. The number of ether oxygens (including phenoxy) is 2. The second-order valence-corrected chi connectivity index (χ2v) is 11.6. The summed E-state index contributed by atoms with van der Waals surface area (Å²) in [5, 5.41) is 5.38. The summed E-state index contributed by atoms with van der Waals surface area (Å²) in [5.41, 5.74) is 0.986. The number of unbranched alkanes of at least 4 members (excludes halogenated alkanes) is 3. The molecule has 37 heavy (non-hydrogen) atoms. The van der Waals surface area contributed by atoms with Gasteiger partial charge in [0.15, 0.2) is 0 Å². The Bertz CT molecular complexity index is 945. The van der Waals surface area contributed by atoms with Crippen molar-refractivity contribution in [1.29, 1.82) is 0 Å². The van der Waals surface area contributed by atoms with Gasteiger partial charge in [0.05, 0.1) is 13.2 Å². The molecule has 0 saturated carbocycles. The number of hydrogen-bond acceptors (Lipinski definition) is 8. The van der Waals surface area contributed by atoms with Gasteiger partial charge in [-0.3, -0.25) is 4.79 Å². The van der Waals surface area contributed by atoms with Crippen LogP contribution in [0.15, 0.2) is 18.2 Å². The first kappa shape index (κ1) is 32.6. The van der Waals surface area contributed by atoms with Crippen LogP contribution in [0.25, 0.3) is 0 Å². The Hall–Kier alpha value is -2.42. The predicted molar refractivity (Wildman–Crippen MR) is 140 cm³/mol. The van der Waals surface area contributed by atoms with E-state index in [1.807, 2.05) is 33.8 Å². The van der Waals surface area contributed by atoms with Gasteiger partial charge in [-0.25, -0.2) is 9.59 Å². The van der Waals surface area contributed by atoms with Crippen LogP contribution in [0, 0.1) is 6.92 Å². The Morgan fingerprint density at radius 2 is 1.78 bits per heavy atom. The number of nitrogens with one attached hydrogen (secondary N) is 2. The molecule has 2 atom stereocenters. The minimum atomic E-state index is -3.67. The van der Waals surface area contributed by atoms with Crippen molar-refractivity contribution in [2.75, 3.05) is 26.4 Å². The Balaban J connectivity index is 2.64. The van der Waals surface area contributed by atoms with Crippen LogP contribution in [0.4, 0.5) is 4.79 Å². The minimum Gasteiger partial charge on any atom is -0.779 e. The summed E-state index contributed by atoms with van der Waals surface area (Å²) in [7, 11) is -3.67. The van der Waals surface area contributed by atoms with E-state index in [0.717, 1.165) is 37.1 Å². The molecule has 2 N–H and O–H groups in total. The number of benzene rings is 1. The van der Waals surface area contributed by atoms with Crippen molar-refractivity contribution in [3.63, 3.8) is 0 Å². The molecule has 0 aliphatic rings. The van der Waals surface area contributed by atoms with Crippen molar-refractivity contribution < 1.29 is 37.8 Å². The third-order valence-electron chi connectivity index (χ3n) is 5.57. The largest absolute Gasteiger partial charge is 0.779 e. The Morgan fingerprint density at radius 1 is 1.11 bits per heavy atom. The topological polar surface area (TPSA) is 143 Å². The maximum absolute atomic E-state index is 12.7. The van der Waals surface area contributed by atoms with E-state index in [-0.39, 0.29) is 25.5 Å². The number of carbonyl (C=O) groups excluding carboxylic acids is 3. The first-order valence-corrected chi connectivity index (χ1v) is 14.7. The van der Waals surface area contributed by atoms with Crippen molar-refractivity contribution in [3.05, 3.63) is 29.3 Å². The van der Waals surface area contributed by atoms with Crippen molar-refractivity contribution in [3.8, 4) is 5.75 Å². The Labute approximate surface area is 220 Å². The first-order valence-electron chi connectivity index (χ1n) is 12.7. The summed E-state index contributed by atoms with van der Waals surface area (Å²) in [4.78, 5) is 48.0. The number of alkyl carbamates (subject to hydrolysis) is 1. The molecule has 1 aromatic carbocycles. The molecule has 1 rings (SSSR count). The van der Waals surface area contributed by atoms with Gasteiger partial charge in [-0.2, -0.15) is 0 Å². The van der Waals surface area contributed by atoms with E-state index in [0.29, 0.717) is 25.1 Å². The molecule has 0 aromatic heterocycles. The molecular formula is C26H42N2O8P-. The maximum atomic E-state index is 12.7. The van der Waals surface area contributed by atoms with E-state index in [1.54, 1.807) is 12.1 Å². The quantitative estimate of drug-likeness (QED) is 0.139. The highest BCUT2D eigenvalue weighted by Crippen LogP contribution is 2.37. The second kappa shape index (κ2) is 15.7. The summed E-state index contributed by atoms with van der Waals surface area (Å²) in [6.07, 6.45) is 3.23. The molecule has 0 aliphatic heterocycles. The second-order valence-electron chi connectivity index (χ2n) is 9.80. The molecule has 2 unspecified atom stereocenters. The van der Waals surface area contributed by atoms with Gasteiger partial charge >= 0.3 is 12.1 Å². The van der Waals surface area contributed by atoms with Gasteiger partial charge < -0.3 is 34.1 Å². The van der Waals surface area contributed by atoms with Gasteiger partial charge in [0.1, 0.15) is 19.4 Å². The lowest BCUT2D eigenvalue weighted by molar-refractivity contribution is -0.196. The summed E-state index contributed by atoms with van der Waals surface area (Å²) in [6, 6.07) is 4.43. The number of hydrogen-bond donors (Lipinski definition) is 2. The molecule has 2 amide bonds. The Morgan fingerprint density at radius 3 is 2.43 bits per heavy atom. The van der Waals surface area contributed by atoms with Crippen LogP contribution in [0.5, 0.6) is 5.75 Å². The van der Waals surface area contributed by atoms with E-state index >= 15 is 0 Å². The molecule has 1 aromatic rings. The fourth-order valence-electron chi connectivity index (χ4n) is 3.85. The monoisotopic (exact) mass is 541 g/mol. The first-order chi connectivity index (χ1) is 17.3. The number of rotatable bonds is 16. The zero-order valence-electron chi connectivity index (χ0n) is 22.9. The lowest BCUT2D eigenvalue weighted by Crippen LogP contribution is -2.41. The minimum absolute atomic E-state index is 0.124. The molecule has 210 valence electrons. The lowest BCUT2D eigenvalue weighted by atomic mass is 9.78. The molecule has 0 saturated heterocycles. The van der Waals surface area contributed by atoms with Gasteiger partial charge in [0.25, 0.3) is 0 Å². The maximum Gasteiger partial charge on any atom is 0.407 e. The number of carbonyl (C=O) groups is 3. The molecule has 11 heteroatoms. The van der Waals surface area contributed by atoms with Crippen molar-refractivity contribution in [2.45, 2.75) is 84.6 Å². The van der Waals surface area contributed by atoms with Crippen molar-refractivity contribution >= 4 is 25.6 Å². The van der Waals surface area contributed by atoms with Gasteiger partial charge in [0.2, 0.25) is 5.91 Å². The summed E-state index contributed by atoms with van der Waals surface area (Å²) < 4.78 is 26.3. The molecule has 0 bridgehead atoms. The fraction of sp³-hybridized carbons (Fsp3) is 0.654. The molecule has 0 spiro atoms. The van der Waals surface area contributed by atoms with Crippen molar-refractivity contribution in [2.24, 2.45) is 0 Å². The van der Waals surface area contributed by atoms with Gasteiger partial charge in [-0.15, -0.1) is 0 Å². The molecular weight excluding hydrogens is 499 g/mol. The van der Waals surface area contributed by atoms with E-state index in [1.165, 1.54) is 6.92 Å². The number of esters is 1. The van der Waals surface area contributed by atoms with Crippen LogP contribution in [0.1, 0.15) is 77.3 Å². The number of amides is 2. The zero-order valence-corrected chi connectivity index (χ0v) is 23.8. The van der Waals surface area contributed by atoms with Gasteiger partial charge in [-0.1, -0.05) is 45.7 Å². The van der Waals surface area contributed by atoms with Gasteiger partial charge in [-0.05, 0) is 44.7 Å². The smallest absolute Gasteiger partial charge is 0.407 e. The third-order valence-corrected chi connectivity index (χ3v) is 6.22.